The van der Waals surface area contributed by atoms with E-state index in [1.165, 1.54) is 18.9 Å². The number of rotatable bonds is 15. The molecule has 3 rings (SSSR count). The van der Waals surface area contributed by atoms with Crippen LogP contribution in [0.2, 0.25) is 25.7 Å². The van der Waals surface area contributed by atoms with Gasteiger partial charge in [-0.2, -0.15) is 0 Å². The number of carbonyl (C=O) groups excluding carboxylic acids is 4. The minimum atomic E-state index is -1.49. The summed E-state index contributed by atoms with van der Waals surface area (Å²) in [5.41, 5.74) is 1.25. The Morgan fingerprint density at radius 2 is 1.66 bits per heavy atom. The van der Waals surface area contributed by atoms with E-state index in [2.05, 4.69) is 25.0 Å². The Bertz CT molecular complexity index is 1630. The van der Waals surface area contributed by atoms with Gasteiger partial charge >= 0.3 is 18.0 Å². The molecule has 272 valence electrons. The molecule has 0 bridgehead atoms. The molecule has 0 aliphatic heterocycles. The van der Waals surface area contributed by atoms with E-state index >= 15 is 4.39 Å². The number of hydrogen-bond acceptors (Lipinski definition) is 7. The molecule has 13 heteroatoms. The second kappa shape index (κ2) is 17.4. The first-order chi connectivity index (χ1) is 23.4. The lowest BCUT2D eigenvalue weighted by molar-refractivity contribution is -0.153. The van der Waals surface area contributed by atoms with Crippen molar-refractivity contribution in [1.29, 1.82) is 0 Å². The van der Waals surface area contributed by atoms with Crippen LogP contribution >= 0.6 is 0 Å². The number of hydrogen-bond donors (Lipinski definition) is 1. The lowest BCUT2D eigenvalue weighted by Crippen LogP contribution is -2.48. The fourth-order valence-corrected chi connectivity index (χ4v) is 6.26. The molecule has 0 saturated carbocycles. The molecule has 10 nitrogen and oxygen atoms in total. The van der Waals surface area contributed by atoms with Crippen molar-refractivity contribution in [1.82, 2.24) is 14.8 Å². The van der Waals surface area contributed by atoms with E-state index in [1.807, 2.05) is 55.7 Å². The largest absolute Gasteiger partial charge is 0.467 e. The molecule has 0 fully saturated rings. The summed E-state index contributed by atoms with van der Waals surface area (Å²) in [6.45, 7) is 13.2. The topological polar surface area (TPSA) is 116 Å². The fraction of sp³-hybridized carbons (Fsp3) is 0.459. The van der Waals surface area contributed by atoms with Gasteiger partial charge in [0, 0.05) is 51.1 Å². The normalized spacial score (nSPS) is 12.8. The standard InChI is InChI=1S/C37H49F2N3O7Si/c1-25(43)49-24-33(44)42(17-16-31(35(45)47-5)40-36(46)48-18-19-50(6,7)8)34(37(2,3)4)32-20-27(29-21-28(38)14-15-30(29)39)23-41(32)22-26-12-10-9-11-13-26/h9-15,20-21,23,31,34H,16-19,22,24H2,1-8H3,(H,40,46). The van der Waals surface area contributed by atoms with E-state index in [0.717, 1.165) is 29.8 Å². The number of benzene rings is 2. The van der Waals surface area contributed by atoms with Gasteiger partial charge in [0.25, 0.3) is 5.91 Å². The average molecular weight is 714 g/mol. The van der Waals surface area contributed by atoms with Crippen LogP contribution in [0.25, 0.3) is 11.1 Å². The van der Waals surface area contributed by atoms with Crippen LogP contribution in [0, 0.1) is 17.0 Å². The summed E-state index contributed by atoms with van der Waals surface area (Å²) < 4.78 is 46.8. The van der Waals surface area contributed by atoms with Crippen LogP contribution in [0.5, 0.6) is 0 Å². The van der Waals surface area contributed by atoms with Crippen molar-refractivity contribution in [2.75, 3.05) is 26.9 Å². The molecule has 2 amide bonds. The predicted molar refractivity (Wildman–Crippen MR) is 189 cm³/mol. The molecule has 2 aromatic carbocycles. The number of esters is 2. The van der Waals surface area contributed by atoms with E-state index in [0.29, 0.717) is 17.8 Å². The highest BCUT2D eigenvalue weighted by Gasteiger charge is 2.38. The Morgan fingerprint density at radius 3 is 2.26 bits per heavy atom. The van der Waals surface area contributed by atoms with Crippen LogP contribution in [0.3, 0.4) is 0 Å². The maximum absolute atomic E-state index is 15.1. The number of halogens is 2. The summed E-state index contributed by atoms with van der Waals surface area (Å²) >= 11 is 0. The van der Waals surface area contributed by atoms with Crippen molar-refractivity contribution in [3.63, 3.8) is 0 Å². The molecule has 1 aromatic heterocycles. The summed E-state index contributed by atoms with van der Waals surface area (Å²) in [7, 11) is -0.295. The molecule has 0 aliphatic rings. The molecule has 1 N–H and O–H groups in total. The smallest absolute Gasteiger partial charge is 0.407 e. The first-order valence-corrected chi connectivity index (χ1v) is 20.2. The van der Waals surface area contributed by atoms with Crippen molar-refractivity contribution in [2.24, 2.45) is 5.41 Å². The summed E-state index contributed by atoms with van der Waals surface area (Å²) in [5.74, 6) is -3.18. The molecule has 0 radical (unpaired) electrons. The number of amides is 2. The Hall–Kier alpha value is -4.52. The molecule has 1 heterocycles. The highest BCUT2D eigenvalue weighted by Crippen LogP contribution is 2.41. The SMILES string of the molecule is COC(=O)C(CCN(C(=O)COC(C)=O)C(c1cc(-c2cc(F)ccc2F)cn1Cc1ccccc1)C(C)(C)C)NC(=O)OCC[Si](C)(C)C. The van der Waals surface area contributed by atoms with E-state index in [-0.39, 0.29) is 25.1 Å². The highest BCUT2D eigenvalue weighted by atomic mass is 28.3. The molecule has 50 heavy (non-hydrogen) atoms. The van der Waals surface area contributed by atoms with Crippen LogP contribution in [0.4, 0.5) is 13.6 Å². The molecule has 2 unspecified atom stereocenters. The Labute approximate surface area is 294 Å². The third-order valence-corrected chi connectivity index (χ3v) is 9.72. The third kappa shape index (κ3) is 11.8. The first-order valence-electron chi connectivity index (χ1n) is 16.5. The van der Waals surface area contributed by atoms with Gasteiger partial charge in [-0.3, -0.25) is 9.59 Å². The fourth-order valence-electron chi connectivity index (χ4n) is 5.55. The summed E-state index contributed by atoms with van der Waals surface area (Å²) in [6.07, 6.45) is 0.851. The Balaban J connectivity index is 2.09. The Kier molecular flexibility index (Phi) is 13.9. The van der Waals surface area contributed by atoms with Crippen molar-refractivity contribution in [3.8, 4) is 11.1 Å². The van der Waals surface area contributed by atoms with Crippen molar-refractivity contribution >= 4 is 32.0 Å². The first kappa shape index (κ1) is 39.9. The van der Waals surface area contributed by atoms with Gasteiger partial charge in [0.1, 0.15) is 17.7 Å². The van der Waals surface area contributed by atoms with E-state index in [4.69, 9.17) is 14.2 Å². The maximum atomic E-state index is 15.1. The van der Waals surface area contributed by atoms with Crippen molar-refractivity contribution in [3.05, 3.63) is 83.7 Å². The number of aromatic nitrogens is 1. The summed E-state index contributed by atoms with van der Waals surface area (Å²) in [4.78, 5) is 52.8. The zero-order valence-electron chi connectivity index (χ0n) is 30.2. The molecular formula is C37H49F2N3O7Si. The molecular weight excluding hydrogens is 665 g/mol. The highest BCUT2D eigenvalue weighted by molar-refractivity contribution is 6.76. The molecule has 3 aromatic rings. The van der Waals surface area contributed by atoms with Crippen LogP contribution in [0.15, 0.2) is 60.8 Å². The van der Waals surface area contributed by atoms with Crippen LogP contribution < -0.4 is 5.32 Å². The van der Waals surface area contributed by atoms with Gasteiger partial charge in [-0.1, -0.05) is 70.7 Å². The second-order valence-corrected chi connectivity index (χ2v) is 20.1. The minimum Gasteiger partial charge on any atom is -0.467 e. The lowest BCUT2D eigenvalue weighted by Gasteiger charge is -2.41. The average Bonchev–Trinajstić information content (AvgIpc) is 3.43. The number of methoxy groups -OCH3 is 1. The van der Waals surface area contributed by atoms with Gasteiger partial charge in [0.15, 0.2) is 6.61 Å². The van der Waals surface area contributed by atoms with Crippen LogP contribution in [0.1, 0.15) is 51.4 Å². The van der Waals surface area contributed by atoms with Gasteiger partial charge in [-0.05, 0) is 47.7 Å². The number of carbonyl (C=O) groups is 4. The lowest BCUT2D eigenvalue weighted by atomic mass is 9.82. The van der Waals surface area contributed by atoms with Gasteiger partial charge in [-0.25, -0.2) is 18.4 Å². The monoisotopic (exact) mass is 713 g/mol. The number of ether oxygens (including phenoxy) is 3. The quantitative estimate of drug-likeness (QED) is 0.103. The molecule has 0 aliphatic carbocycles. The summed E-state index contributed by atoms with van der Waals surface area (Å²) in [5, 5.41) is 2.57. The van der Waals surface area contributed by atoms with Crippen LogP contribution in [-0.2, 0) is 35.1 Å². The molecule has 0 spiro atoms. The number of alkyl carbamates (subject to hydrolysis) is 1. The minimum absolute atomic E-state index is 0.0473. The van der Waals surface area contributed by atoms with E-state index < -0.39 is 67.8 Å². The van der Waals surface area contributed by atoms with Gasteiger partial charge in [-0.15, -0.1) is 0 Å². The second-order valence-electron chi connectivity index (χ2n) is 14.5. The Morgan fingerprint density at radius 1 is 0.980 bits per heavy atom. The van der Waals surface area contributed by atoms with Crippen LogP contribution in [-0.4, -0.2) is 74.4 Å². The maximum Gasteiger partial charge on any atom is 0.407 e. The van der Waals surface area contributed by atoms with Gasteiger partial charge in [0.05, 0.1) is 19.8 Å². The van der Waals surface area contributed by atoms with Gasteiger partial charge in [0.2, 0.25) is 0 Å². The zero-order chi connectivity index (χ0) is 37.2. The predicted octanol–water partition coefficient (Wildman–Crippen LogP) is 6.96. The summed E-state index contributed by atoms with van der Waals surface area (Å²) in [6, 6.07) is 13.3. The van der Waals surface area contributed by atoms with E-state index in [1.54, 1.807) is 12.3 Å². The van der Waals surface area contributed by atoms with Crippen molar-refractivity contribution < 1.29 is 42.2 Å². The molecule has 0 saturated heterocycles. The van der Waals surface area contributed by atoms with E-state index in [9.17, 15) is 23.6 Å². The van der Waals surface area contributed by atoms with Gasteiger partial charge < -0.3 is 29.0 Å². The molecule has 2 atom stereocenters. The zero-order valence-corrected chi connectivity index (χ0v) is 31.2. The number of nitrogens with one attached hydrogen (secondary N) is 1. The van der Waals surface area contributed by atoms with Crippen molar-refractivity contribution in [2.45, 2.75) is 78.4 Å². The third-order valence-electron chi connectivity index (χ3n) is 8.02. The number of nitrogens with zero attached hydrogens (tertiary/aromatic N) is 2.